The molecular formula is C23H21Cl2N5O3. The van der Waals surface area contributed by atoms with E-state index in [1.165, 1.54) is 9.13 Å². The van der Waals surface area contributed by atoms with Gasteiger partial charge in [-0.3, -0.25) is 13.9 Å². The number of hydrogen-bond acceptors (Lipinski definition) is 5. The van der Waals surface area contributed by atoms with Crippen LogP contribution in [-0.4, -0.2) is 32.3 Å². The SMILES string of the molecule is COc1ccc(N2CCCn3c2nc2c3c(=O)n(Cc3ccc(Cl)cc3Cl)c(=O)n2C)cc1. The number of aryl methyl sites for hydroxylation is 2. The standard InChI is InChI=1S/C23H21Cl2N5O3/c1-27-20-19(21(31)30(23(27)32)13-14-4-5-15(24)12-18(14)25)29-11-3-10-28(22(29)26-20)16-6-8-17(33-2)9-7-16/h4-9,12H,3,10-11,13H2,1-2H3. The zero-order valence-corrected chi connectivity index (χ0v) is 19.6. The number of rotatable bonds is 4. The molecule has 33 heavy (non-hydrogen) atoms. The van der Waals surface area contributed by atoms with E-state index in [0.717, 1.165) is 24.4 Å². The second-order valence-corrected chi connectivity index (χ2v) is 8.75. The van der Waals surface area contributed by atoms with Crippen LogP contribution in [0.3, 0.4) is 0 Å². The lowest BCUT2D eigenvalue weighted by molar-refractivity contribution is 0.415. The van der Waals surface area contributed by atoms with Crippen LogP contribution in [0.15, 0.2) is 52.1 Å². The summed E-state index contributed by atoms with van der Waals surface area (Å²) in [6.45, 7) is 1.42. The predicted octanol–water partition coefficient (Wildman–Crippen LogP) is 3.80. The molecule has 0 fully saturated rings. The van der Waals surface area contributed by atoms with Gasteiger partial charge < -0.3 is 14.2 Å². The molecule has 0 radical (unpaired) electrons. The molecular weight excluding hydrogens is 465 g/mol. The zero-order chi connectivity index (χ0) is 23.3. The first-order chi connectivity index (χ1) is 15.9. The molecule has 1 aliphatic rings. The quantitative estimate of drug-likeness (QED) is 0.439. The summed E-state index contributed by atoms with van der Waals surface area (Å²) in [5.41, 5.74) is 1.48. The number of ether oxygens (including phenoxy) is 1. The molecule has 0 N–H and O–H groups in total. The first-order valence-electron chi connectivity index (χ1n) is 10.4. The number of hydrogen-bond donors (Lipinski definition) is 0. The topological polar surface area (TPSA) is 74.3 Å². The Kier molecular flexibility index (Phi) is 5.42. The molecule has 5 rings (SSSR count). The van der Waals surface area contributed by atoms with Crippen molar-refractivity contribution in [1.82, 2.24) is 18.7 Å². The van der Waals surface area contributed by atoms with Crippen molar-refractivity contribution in [2.24, 2.45) is 7.05 Å². The van der Waals surface area contributed by atoms with Gasteiger partial charge in [0.15, 0.2) is 11.2 Å². The van der Waals surface area contributed by atoms with E-state index in [0.29, 0.717) is 39.3 Å². The summed E-state index contributed by atoms with van der Waals surface area (Å²) in [6.07, 6.45) is 0.829. The summed E-state index contributed by atoms with van der Waals surface area (Å²) in [5.74, 6) is 1.39. The normalized spacial score (nSPS) is 13.4. The molecule has 170 valence electrons. The van der Waals surface area contributed by atoms with Crippen LogP contribution >= 0.6 is 23.2 Å². The van der Waals surface area contributed by atoms with Gasteiger partial charge >= 0.3 is 5.69 Å². The van der Waals surface area contributed by atoms with Crippen LogP contribution in [-0.2, 0) is 20.1 Å². The lowest BCUT2D eigenvalue weighted by Gasteiger charge is -2.29. The molecule has 2 aromatic carbocycles. The average molecular weight is 486 g/mol. The van der Waals surface area contributed by atoms with Crippen molar-refractivity contribution in [3.05, 3.63) is 78.9 Å². The fourth-order valence-electron chi connectivity index (χ4n) is 4.23. The monoisotopic (exact) mass is 485 g/mol. The molecule has 0 saturated heterocycles. The van der Waals surface area contributed by atoms with Gasteiger partial charge in [0.2, 0.25) is 5.95 Å². The van der Waals surface area contributed by atoms with E-state index < -0.39 is 11.2 Å². The average Bonchev–Trinajstić information content (AvgIpc) is 3.22. The van der Waals surface area contributed by atoms with Gasteiger partial charge in [0.05, 0.1) is 13.7 Å². The van der Waals surface area contributed by atoms with Gasteiger partial charge in [-0.25, -0.2) is 4.79 Å². The van der Waals surface area contributed by atoms with Crippen LogP contribution < -0.4 is 20.9 Å². The predicted molar refractivity (Wildman–Crippen MR) is 129 cm³/mol. The minimum atomic E-state index is -0.454. The summed E-state index contributed by atoms with van der Waals surface area (Å²) >= 11 is 12.3. The largest absolute Gasteiger partial charge is 0.497 e. The smallest absolute Gasteiger partial charge is 0.332 e. The molecule has 0 spiro atoms. The maximum atomic E-state index is 13.5. The lowest BCUT2D eigenvalue weighted by atomic mass is 10.2. The second kappa shape index (κ2) is 8.28. The van der Waals surface area contributed by atoms with Crippen LogP contribution in [0.2, 0.25) is 10.0 Å². The molecule has 4 aromatic rings. The van der Waals surface area contributed by atoms with Crippen molar-refractivity contribution >= 4 is 46.0 Å². The van der Waals surface area contributed by atoms with Crippen LogP contribution in [0.5, 0.6) is 5.75 Å². The number of methoxy groups -OCH3 is 1. The van der Waals surface area contributed by atoms with Gasteiger partial charge in [0.1, 0.15) is 5.75 Å². The Morgan fingerprint density at radius 2 is 1.82 bits per heavy atom. The third kappa shape index (κ3) is 3.59. The first kappa shape index (κ1) is 21.6. The van der Waals surface area contributed by atoms with Gasteiger partial charge in [0.25, 0.3) is 5.56 Å². The van der Waals surface area contributed by atoms with Gasteiger partial charge in [-0.2, -0.15) is 4.98 Å². The number of imidazole rings is 1. The van der Waals surface area contributed by atoms with E-state index >= 15 is 0 Å². The summed E-state index contributed by atoms with van der Waals surface area (Å²) in [7, 11) is 3.25. The Morgan fingerprint density at radius 1 is 1.06 bits per heavy atom. The van der Waals surface area contributed by atoms with Gasteiger partial charge in [-0.05, 0) is 48.4 Å². The lowest BCUT2D eigenvalue weighted by Crippen LogP contribution is -2.40. The minimum absolute atomic E-state index is 0.0418. The highest BCUT2D eigenvalue weighted by Crippen LogP contribution is 2.32. The Hall–Kier alpha value is -3.23. The third-order valence-corrected chi connectivity index (χ3v) is 6.53. The van der Waals surface area contributed by atoms with Crippen molar-refractivity contribution in [3.63, 3.8) is 0 Å². The highest BCUT2D eigenvalue weighted by molar-refractivity contribution is 6.35. The summed E-state index contributed by atoms with van der Waals surface area (Å²) in [6, 6.07) is 12.7. The summed E-state index contributed by atoms with van der Waals surface area (Å²) < 4.78 is 9.76. The number of halogens is 2. The van der Waals surface area contributed by atoms with Crippen LogP contribution in [0.4, 0.5) is 11.6 Å². The van der Waals surface area contributed by atoms with Crippen LogP contribution in [0.25, 0.3) is 11.2 Å². The van der Waals surface area contributed by atoms with Crippen LogP contribution in [0.1, 0.15) is 12.0 Å². The fourth-order valence-corrected chi connectivity index (χ4v) is 4.70. The van der Waals surface area contributed by atoms with E-state index in [1.54, 1.807) is 32.4 Å². The zero-order valence-electron chi connectivity index (χ0n) is 18.1. The molecule has 0 unspecified atom stereocenters. The van der Waals surface area contributed by atoms with Crippen molar-refractivity contribution in [2.45, 2.75) is 19.5 Å². The number of nitrogens with zero attached hydrogens (tertiary/aromatic N) is 5. The third-order valence-electron chi connectivity index (χ3n) is 5.94. The van der Waals surface area contributed by atoms with Crippen LogP contribution in [0, 0.1) is 0 Å². The van der Waals surface area contributed by atoms with E-state index in [4.69, 9.17) is 32.9 Å². The minimum Gasteiger partial charge on any atom is -0.497 e. The fraction of sp³-hybridized carbons (Fsp3) is 0.261. The molecule has 3 heterocycles. The molecule has 2 aromatic heterocycles. The highest BCUT2D eigenvalue weighted by atomic mass is 35.5. The maximum absolute atomic E-state index is 13.5. The van der Waals surface area contributed by atoms with Gasteiger partial charge in [-0.15, -0.1) is 0 Å². The number of aromatic nitrogens is 4. The first-order valence-corrected chi connectivity index (χ1v) is 11.2. The van der Waals surface area contributed by atoms with Crippen molar-refractivity contribution in [2.75, 3.05) is 18.6 Å². The Labute approximate surface area is 199 Å². The molecule has 0 bridgehead atoms. The van der Waals surface area contributed by atoms with E-state index in [9.17, 15) is 9.59 Å². The maximum Gasteiger partial charge on any atom is 0.332 e. The van der Waals surface area contributed by atoms with Gasteiger partial charge in [0, 0.05) is 35.9 Å². The molecule has 0 saturated carbocycles. The summed E-state index contributed by atoms with van der Waals surface area (Å²) in [4.78, 5) is 33.4. The van der Waals surface area contributed by atoms with E-state index in [-0.39, 0.29) is 6.54 Å². The number of fused-ring (bicyclic) bond motifs is 3. The molecule has 0 aliphatic carbocycles. The Bertz CT molecular complexity index is 1490. The molecule has 0 amide bonds. The number of anilines is 2. The highest BCUT2D eigenvalue weighted by Gasteiger charge is 2.27. The van der Waals surface area contributed by atoms with Gasteiger partial charge in [-0.1, -0.05) is 29.3 Å². The Balaban J connectivity index is 1.66. The van der Waals surface area contributed by atoms with E-state index in [1.807, 2.05) is 33.7 Å². The molecule has 10 heteroatoms. The Morgan fingerprint density at radius 3 is 2.52 bits per heavy atom. The van der Waals surface area contributed by atoms with Crippen molar-refractivity contribution in [3.8, 4) is 5.75 Å². The number of benzene rings is 2. The van der Waals surface area contributed by atoms with E-state index in [2.05, 4.69) is 0 Å². The molecule has 1 aliphatic heterocycles. The second-order valence-electron chi connectivity index (χ2n) is 7.91. The van der Waals surface area contributed by atoms with Crippen molar-refractivity contribution < 1.29 is 4.74 Å². The van der Waals surface area contributed by atoms with Crippen molar-refractivity contribution in [1.29, 1.82) is 0 Å². The summed E-state index contributed by atoms with van der Waals surface area (Å²) in [5, 5.41) is 0.889. The molecule has 8 nitrogen and oxygen atoms in total. The molecule has 0 atom stereocenters.